The summed E-state index contributed by atoms with van der Waals surface area (Å²) < 4.78 is 7.73. The lowest BCUT2D eigenvalue weighted by Gasteiger charge is -2.36. The Kier molecular flexibility index (Phi) is 6.54. The monoisotopic (exact) mass is 480 g/mol. The molecule has 1 aliphatic rings. The minimum atomic E-state index is -0.618. The van der Waals surface area contributed by atoms with Crippen LogP contribution in [0.15, 0.2) is 85.2 Å². The van der Waals surface area contributed by atoms with Crippen molar-refractivity contribution in [1.29, 1.82) is 0 Å². The summed E-state index contributed by atoms with van der Waals surface area (Å²) in [4.78, 5) is 33.0. The van der Waals surface area contributed by atoms with Gasteiger partial charge in [-0.1, -0.05) is 35.9 Å². The van der Waals surface area contributed by atoms with Gasteiger partial charge in [0.05, 0.1) is 0 Å². The van der Waals surface area contributed by atoms with Crippen LogP contribution >= 0.6 is 0 Å². The summed E-state index contributed by atoms with van der Waals surface area (Å²) in [6.07, 6.45) is 4.86. The molecule has 7 heteroatoms. The molecule has 1 aromatic heterocycles. The highest BCUT2D eigenvalue weighted by Crippen LogP contribution is 2.33. The molecule has 5 rings (SSSR count). The Hall–Kier alpha value is -4.39. The zero-order valence-electron chi connectivity index (χ0n) is 20.3. The number of aromatic nitrogens is 2. The van der Waals surface area contributed by atoms with Crippen LogP contribution in [0, 0.1) is 6.92 Å². The molecule has 1 unspecified atom stereocenters. The van der Waals surface area contributed by atoms with Gasteiger partial charge in [-0.25, -0.2) is 4.98 Å². The summed E-state index contributed by atoms with van der Waals surface area (Å²) in [5.41, 5.74) is 4.15. The van der Waals surface area contributed by atoms with Gasteiger partial charge in [0.25, 0.3) is 5.91 Å². The molecule has 0 saturated carbocycles. The molecular weight excluding hydrogens is 452 g/mol. The Morgan fingerprint density at radius 1 is 1.03 bits per heavy atom. The summed E-state index contributed by atoms with van der Waals surface area (Å²) in [6, 6.07) is 21.8. The van der Waals surface area contributed by atoms with Crippen LogP contribution in [0.2, 0.25) is 0 Å². The number of imidazole rings is 1. The van der Waals surface area contributed by atoms with Crippen molar-refractivity contribution in [3.8, 4) is 5.75 Å². The first-order chi connectivity index (χ1) is 17.5. The third-order valence-electron chi connectivity index (χ3n) is 6.48. The second kappa shape index (κ2) is 10.1. The van der Waals surface area contributed by atoms with Crippen molar-refractivity contribution < 1.29 is 14.3 Å². The van der Waals surface area contributed by atoms with Gasteiger partial charge in [-0.15, -0.1) is 0 Å². The number of carbonyl (C=O) groups is 2. The summed E-state index contributed by atoms with van der Waals surface area (Å²) in [7, 11) is 1.91. The summed E-state index contributed by atoms with van der Waals surface area (Å²) in [5.74, 6) is 1.03. The molecule has 0 saturated heterocycles. The molecule has 7 nitrogen and oxygen atoms in total. The standard InChI is InChI=1S/C29H28N4O3/c1-20-7-12-23(13-8-20)31-28(34)26-16-11-21-5-3-4-6-25(21)33(26)29(35)22-9-14-24(15-10-22)36-19-27-30-17-18-32(27)2/h3-10,12-15,17-18,26H,11,16,19H2,1-2H3,(H,31,34). The number of nitrogens with one attached hydrogen (secondary N) is 1. The van der Waals surface area contributed by atoms with E-state index in [9.17, 15) is 9.59 Å². The van der Waals surface area contributed by atoms with Gasteiger partial charge in [-0.3, -0.25) is 14.5 Å². The molecule has 3 aromatic carbocycles. The topological polar surface area (TPSA) is 76.5 Å². The fourth-order valence-electron chi connectivity index (χ4n) is 4.42. The van der Waals surface area contributed by atoms with Crippen molar-refractivity contribution in [3.05, 3.63) is 108 Å². The van der Waals surface area contributed by atoms with Gasteiger partial charge in [-0.2, -0.15) is 0 Å². The Bertz CT molecular complexity index is 1380. The van der Waals surface area contributed by atoms with Crippen molar-refractivity contribution in [1.82, 2.24) is 9.55 Å². The lowest BCUT2D eigenvalue weighted by atomic mass is 9.94. The van der Waals surface area contributed by atoms with Crippen molar-refractivity contribution in [2.45, 2.75) is 32.4 Å². The normalized spacial score (nSPS) is 14.7. The van der Waals surface area contributed by atoms with Gasteiger partial charge in [0.15, 0.2) is 0 Å². The molecule has 0 radical (unpaired) electrons. The van der Waals surface area contributed by atoms with Crippen LogP contribution in [0.3, 0.4) is 0 Å². The molecule has 0 aliphatic carbocycles. The van der Waals surface area contributed by atoms with Crippen LogP contribution in [-0.4, -0.2) is 27.4 Å². The van der Waals surface area contributed by atoms with Gasteiger partial charge >= 0.3 is 0 Å². The van der Waals surface area contributed by atoms with Gasteiger partial charge in [-0.05, 0) is 67.8 Å². The highest BCUT2D eigenvalue weighted by Gasteiger charge is 2.36. The fourth-order valence-corrected chi connectivity index (χ4v) is 4.42. The second-order valence-electron chi connectivity index (χ2n) is 8.98. The first-order valence-corrected chi connectivity index (χ1v) is 12.0. The highest BCUT2D eigenvalue weighted by atomic mass is 16.5. The number of fused-ring (bicyclic) bond motifs is 1. The Balaban J connectivity index is 1.37. The minimum absolute atomic E-state index is 0.197. The van der Waals surface area contributed by atoms with E-state index in [4.69, 9.17) is 4.74 Å². The van der Waals surface area contributed by atoms with E-state index < -0.39 is 6.04 Å². The SMILES string of the molecule is Cc1ccc(NC(=O)C2CCc3ccccc3N2C(=O)c2ccc(OCc3nccn3C)cc2)cc1. The summed E-state index contributed by atoms with van der Waals surface area (Å²) >= 11 is 0. The third-order valence-corrected chi connectivity index (χ3v) is 6.48. The number of anilines is 2. The van der Waals surface area contributed by atoms with Crippen molar-refractivity contribution in [3.63, 3.8) is 0 Å². The molecule has 2 heterocycles. The largest absolute Gasteiger partial charge is 0.486 e. The van der Waals surface area contributed by atoms with E-state index in [0.29, 0.717) is 30.0 Å². The van der Waals surface area contributed by atoms with Gasteiger partial charge in [0, 0.05) is 36.4 Å². The number of benzene rings is 3. The zero-order valence-corrected chi connectivity index (χ0v) is 20.3. The van der Waals surface area contributed by atoms with Crippen LogP contribution in [0.5, 0.6) is 5.75 Å². The van der Waals surface area contributed by atoms with E-state index in [1.807, 2.05) is 73.3 Å². The molecule has 0 fully saturated rings. The van der Waals surface area contributed by atoms with Crippen LogP contribution in [0.4, 0.5) is 11.4 Å². The van der Waals surface area contributed by atoms with Crippen molar-refractivity contribution in [2.24, 2.45) is 7.05 Å². The molecular formula is C29H28N4O3. The van der Waals surface area contributed by atoms with E-state index in [2.05, 4.69) is 10.3 Å². The predicted octanol–water partition coefficient (Wildman–Crippen LogP) is 4.91. The number of amides is 2. The molecule has 4 aromatic rings. The average Bonchev–Trinajstić information content (AvgIpc) is 3.32. The van der Waals surface area contributed by atoms with E-state index >= 15 is 0 Å². The number of carbonyl (C=O) groups excluding carboxylic acids is 2. The van der Waals surface area contributed by atoms with Crippen molar-refractivity contribution in [2.75, 3.05) is 10.2 Å². The second-order valence-corrected chi connectivity index (χ2v) is 8.98. The average molecular weight is 481 g/mol. The quantitative estimate of drug-likeness (QED) is 0.426. The molecule has 1 atom stereocenters. The van der Waals surface area contributed by atoms with E-state index in [0.717, 1.165) is 29.1 Å². The summed E-state index contributed by atoms with van der Waals surface area (Å²) in [6.45, 7) is 2.33. The lowest BCUT2D eigenvalue weighted by Crippen LogP contribution is -2.50. The number of ether oxygens (including phenoxy) is 1. The van der Waals surface area contributed by atoms with Crippen LogP contribution in [-0.2, 0) is 24.9 Å². The highest BCUT2D eigenvalue weighted by molar-refractivity contribution is 6.12. The number of aryl methyl sites for hydroxylation is 3. The van der Waals surface area contributed by atoms with E-state index in [1.165, 1.54) is 0 Å². The molecule has 0 spiro atoms. The Morgan fingerprint density at radius 2 is 1.78 bits per heavy atom. The maximum absolute atomic E-state index is 13.8. The number of rotatable bonds is 6. The van der Waals surface area contributed by atoms with Crippen molar-refractivity contribution >= 4 is 23.2 Å². The third kappa shape index (κ3) is 4.86. The molecule has 2 amide bonds. The van der Waals surface area contributed by atoms with Gasteiger partial charge in [0.1, 0.15) is 24.2 Å². The maximum Gasteiger partial charge on any atom is 0.259 e. The maximum atomic E-state index is 13.8. The fraction of sp³-hybridized carbons (Fsp3) is 0.207. The van der Waals surface area contributed by atoms with Gasteiger partial charge in [0.2, 0.25) is 5.91 Å². The molecule has 36 heavy (non-hydrogen) atoms. The minimum Gasteiger partial charge on any atom is -0.486 e. The number of para-hydroxylation sites is 1. The predicted molar refractivity (Wildman–Crippen MR) is 139 cm³/mol. The zero-order chi connectivity index (χ0) is 25.1. The Morgan fingerprint density at radius 3 is 2.50 bits per heavy atom. The Labute approximate surface area is 210 Å². The molecule has 1 N–H and O–H groups in total. The number of hydrogen-bond donors (Lipinski definition) is 1. The number of nitrogens with zero attached hydrogens (tertiary/aromatic N) is 3. The van der Waals surface area contributed by atoms with Crippen LogP contribution in [0.1, 0.15) is 33.7 Å². The lowest BCUT2D eigenvalue weighted by molar-refractivity contribution is -0.117. The smallest absolute Gasteiger partial charge is 0.259 e. The first kappa shape index (κ1) is 23.4. The van der Waals surface area contributed by atoms with E-state index in [-0.39, 0.29) is 11.8 Å². The first-order valence-electron chi connectivity index (χ1n) is 12.0. The van der Waals surface area contributed by atoms with Crippen LogP contribution in [0.25, 0.3) is 0 Å². The molecule has 0 bridgehead atoms. The number of hydrogen-bond acceptors (Lipinski definition) is 4. The summed E-state index contributed by atoms with van der Waals surface area (Å²) in [5, 5.41) is 2.99. The van der Waals surface area contributed by atoms with Crippen LogP contribution < -0.4 is 15.0 Å². The molecule has 1 aliphatic heterocycles. The molecule has 182 valence electrons. The van der Waals surface area contributed by atoms with E-state index in [1.54, 1.807) is 35.4 Å². The van der Waals surface area contributed by atoms with Gasteiger partial charge < -0.3 is 14.6 Å².